The van der Waals surface area contributed by atoms with Gasteiger partial charge in [-0.3, -0.25) is 0 Å². The van der Waals surface area contributed by atoms with Gasteiger partial charge in [0.05, 0.1) is 26.7 Å². The van der Waals surface area contributed by atoms with Gasteiger partial charge in [-0.2, -0.15) is 0 Å². The fourth-order valence-corrected chi connectivity index (χ4v) is 3.22. The molecular formula is C19H42BrNO2. The summed E-state index contributed by atoms with van der Waals surface area (Å²) in [7, 11) is 2.28. The Morgan fingerprint density at radius 1 is 0.565 bits per heavy atom. The van der Waals surface area contributed by atoms with E-state index in [1.807, 2.05) is 0 Å². The first-order valence-corrected chi connectivity index (χ1v) is 9.74. The molecule has 0 saturated heterocycles. The molecule has 0 saturated carbocycles. The third-order valence-corrected chi connectivity index (χ3v) is 4.76. The quantitative estimate of drug-likeness (QED) is 0.286. The highest BCUT2D eigenvalue weighted by Crippen LogP contribution is 2.13. The van der Waals surface area contributed by atoms with E-state index >= 15 is 0 Å². The summed E-state index contributed by atoms with van der Waals surface area (Å²) in [6.07, 6.45) is 15.5. The van der Waals surface area contributed by atoms with Crippen LogP contribution in [0, 0.1) is 0 Å². The van der Waals surface area contributed by atoms with Gasteiger partial charge in [0.2, 0.25) is 0 Å². The van der Waals surface area contributed by atoms with Crippen molar-refractivity contribution in [2.45, 2.75) is 84.0 Å². The van der Waals surface area contributed by atoms with Crippen molar-refractivity contribution < 1.29 is 31.7 Å². The third kappa shape index (κ3) is 17.0. The van der Waals surface area contributed by atoms with Crippen LogP contribution in [0.1, 0.15) is 84.0 Å². The first-order valence-electron chi connectivity index (χ1n) is 9.74. The highest BCUT2D eigenvalue weighted by molar-refractivity contribution is 4.49. The van der Waals surface area contributed by atoms with Gasteiger partial charge in [0, 0.05) is 26.1 Å². The molecule has 0 atom stereocenters. The van der Waals surface area contributed by atoms with E-state index in [9.17, 15) is 0 Å². The molecule has 0 radical (unpaired) electrons. The Labute approximate surface area is 155 Å². The minimum Gasteiger partial charge on any atom is -1.00 e. The maximum Gasteiger partial charge on any atom is 0.0806 e. The highest BCUT2D eigenvalue weighted by atomic mass is 79.9. The first kappa shape index (κ1) is 25.6. The Morgan fingerprint density at radius 2 is 0.913 bits per heavy atom. The average Bonchev–Trinajstić information content (AvgIpc) is 2.53. The van der Waals surface area contributed by atoms with E-state index in [0.29, 0.717) is 0 Å². The number of hydrogen-bond donors (Lipinski definition) is 2. The lowest BCUT2D eigenvalue weighted by Gasteiger charge is -2.34. The van der Waals surface area contributed by atoms with E-state index in [1.54, 1.807) is 0 Å². The molecule has 0 amide bonds. The maximum absolute atomic E-state index is 9.04. The van der Waals surface area contributed by atoms with Crippen molar-refractivity contribution in [2.24, 2.45) is 0 Å². The van der Waals surface area contributed by atoms with Gasteiger partial charge in [-0.1, -0.05) is 58.3 Å². The smallest absolute Gasteiger partial charge is 0.0806 e. The molecule has 0 aromatic heterocycles. The van der Waals surface area contributed by atoms with Gasteiger partial charge in [0.1, 0.15) is 0 Å². The number of aliphatic hydroxyl groups excluding tert-OH is 2. The van der Waals surface area contributed by atoms with Crippen molar-refractivity contribution in [3.63, 3.8) is 0 Å². The van der Waals surface area contributed by atoms with E-state index in [-0.39, 0.29) is 30.2 Å². The van der Waals surface area contributed by atoms with Crippen molar-refractivity contribution in [2.75, 3.05) is 39.9 Å². The molecule has 0 fully saturated rings. The zero-order chi connectivity index (χ0) is 16.5. The molecule has 142 valence electrons. The second-order valence-electron chi connectivity index (χ2n) is 7.13. The van der Waals surface area contributed by atoms with Crippen molar-refractivity contribution in [3.8, 4) is 0 Å². The summed E-state index contributed by atoms with van der Waals surface area (Å²) in [4.78, 5) is 0. The second-order valence-corrected chi connectivity index (χ2v) is 7.13. The summed E-state index contributed by atoms with van der Waals surface area (Å²) in [6, 6.07) is 0. The number of quaternary nitrogens is 1. The van der Waals surface area contributed by atoms with E-state index in [4.69, 9.17) is 10.2 Å². The van der Waals surface area contributed by atoms with Crippen LogP contribution in [0.5, 0.6) is 0 Å². The Balaban J connectivity index is 0. The maximum atomic E-state index is 9.04. The summed E-state index contributed by atoms with van der Waals surface area (Å²) < 4.78 is 1.01. The molecule has 0 bridgehead atoms. The normalized spacial score (nSPS) is 11.5. The number of hydrogen-bond acceptors (Lipinski definition) is 2. The summed E-state index contributed by atoms with van der Waals surface area (Å²) in [5, 5.41) is 18.1. The Morgan fingerprint density at radius 3 is 1.30 bits per heavy atom. The van der Waals surface area contributed by atoms with Gasteiger partial charge in [-0.25, -0.2) is 0 Å². The molecule has 0 aromatic carbocycles. The molecular weight excluding hydrogens is 354 g/mol. The fourth-order valence-electron chi connectivity index (χ4n) is 3.22. The van der Waals surface area contributed by atoms with Crippen LogP contribution < -0.4 is 17.0 Å². The predicted molar refractivity (Wildman–Crippen MR) is 96.0 cm³/mol. The van der Waals surface area contributed by atoms with Gasteiger partial charge in [-0.15, -0.1) is 0 Å². The van der Waals surface area contributed by atoms with Gasteiger partial charge >= 0.3 is 0 Å². The average molecular weight is 396 g/mol. The number of nitrogens with zero attached hydrogens (tertiary/aromatic N) is 1. The van der Waals surface area contributed by atoms with Crippen LogP contribution in [0.4, 0.5) is 0 Å². The summed E-state index contributed by atoms with van der Waals surface area (Å²) >= 11 is 0. The van der Waals surface area contributed by atoms with Crippen molar-refractivity contribution in [1.29, 1.82) is 0 Å². The molecule has 23 heavy (non-hydrogen) atoms. The lowest BCUT2D eigenvalue weighted by molar-refractivity contribution is -0.910. The Kier molecular flexibility index (Phi) is 20.8. The molecule has 3 nitrogen and oxygen atoms in total. The molecule has 0 aromatic rings. The SMILES string of the molecule is CCCCCCCCCCCC[N+](C)(CCCO)CCCO.[Br-]. The van der Waals surface area contributed by atoms with Crippen molar-refractivity contribution >= 4 is 0 Å². The molecule has 0 rings (SSSR count). The van der Waals surface area contributed by atoms with Gasteiger partial charge < -0.3 is 31.7 Å². The van der Waals surface area contributed by atoms with Crippen LogP contribution in [0.15, 0.2) is 0 Å². The molecule has 0 aliphatic heterocycles. The van der Waals surface area contributed by atoms with E-state index in [2.05, 4.69) is 14.0 Å². The van der Waals surface area contributed by atoms with E-state index in [0.717, 1.165) is 30.4 Å². The molecule has 0 aliphatic carbocycles. The third-order valence-electron chi connectivity index (χ3n) is 4.76. The zero-order valence-electron chi connectivity index (χ0n) is 15.7. The standard InChI is InChI=1S/C19H42NO2.BrH/c1-3-4-5-6-7-8-9-10-11-12-15-20(2,16-13-18-21)17-14-19-22;/h21-22H,3-19H2,1-2H3;1H/q+1;/p-1. The van der Waals surface area contributed by atoms with Crippen LogP contribution in [0.2, 0.25) is 0 Å². The number of aliphatic hydroxyl groups is 2. The Hall–Kier alpha value is 0.360. The van der Waals surface area contributed by atoms with Crippen LogP contribution in [0.25, 0.3) is 0 Å². The first-order chi connectivity index (χ1) is 10.7. The van der Waals surface area contributed by atoms with Crippen molar-refractivity contribution in [3.05, 3.63) is 0 Å². The number of unbranched alkanes of at least 4 members (excludes halogenated alkanes) is 9. The van der Waals surface area contributed by atoms with Gasteiger partial charge in [-0.05, 0) is 12.8 Å². The van der Waals surface area contributed by atoms with Crippen LogP contribution in [-0.2, 0) is 0 Å². The van der Waals surface area contributed by atoms with E-state index in [1.165, 1.54) is 70.8 Å². The summed E-state index contributed by atoms with van der Waals surface area (Å²) in [6.45, 7) is 6.10. The molecule has 0 aliphatic rings. The van der Waals surface area contributed by atoms with Gasteiger partial charge in [0.25, 0.3) is 0 Å². The molecule has 2 N–H and O–H groups in total. The lowest BCUT2D eigenvalue weighted by atomic mass is 10.1. The van der Waals surface area contributed by atoms with Crippen LogP contribution in [0.3, 0.4) is 0 Å². The Bertz CT molecular complexity index is 219. The molecule has 0 heterocycles. The molecule has 4 heteroatoms. The van der Waals surface area contributed by atoms with Crippen LogP contribution in [-0.4, -0.2) is 54.6 Å². The fraction of sp³-hybridized carbons (Fsp3) is 1.00. The largest absolute Gasteiger partial charge is 1.00 e. The van der Waals surface area contributed by atoms with Crippen molar-refractivity contribution in [1.82, 2.24) is 0 Å². The van der Waals surface area contributed by atoms with E-state index < -0.39 is 0 Å². The second kappa shape index (κ2) is 18.7. The molecule has 0 unspecified atom stereocenters. The monoisotopic (exact) mass is 395 g/mol. The van der Waals surface area contributed by atoms with Crippen LogP contribution >= 0.6 is 0 Å². The topological polar surface area (TPSA) is 40.5 Å². The van der Waals surface area contributed by atoms with Gasteiger partial charge in [0.15, 0.2) is 0 Å². The predicted octanol–water partition coefficient (Wildman–Crippen LogP) is 1.12. The summed E-state index contributed by atoms with van der Waals surface area (Å²) in [5.74, 6) is 0. The molecule has 0 spiro atoms. The lowest BCUT2D eigenvalue weighted by Crippen LogP contribution is -3.00. The number of rotatable bonds is 17. The zero-order valence-corrected chi connectivity index (χ0v) is 17.3. The minimum atomic E-state index is 0. The summed E-state index contributed by atoms with van der Waals surface area (Å²) in [5.41, 5.74) is 0. The highest BCUT2D eigenvalue weighted by Gasteiger charge is 2.19. The minimum absolute atomic E-state index is 0. The number of halogens is 1.